The van der Waals surface area contributed by atoms with Gasteiger partial charge in [-0.3, -0.25) is 0 Å². The first kappa shape index (κ1) is 9.72. The van der Waals surface area contributed by atoms with Crippen molar-refractivity contribution in [1.82, 2.24) is 0 Å². The quantitative estimate of drug-likeness (QED) is 0.489. The maximum Gasteiger partial charge on any atom is 0.178 e. The van der Waals surface area contributed by atoms with Crippen LogP contribution in [0.3, 0.4) is 0 Å². The number of nitrogens with zero attached hydrogens (tertiary/aromatic N) is 1. The van der Waals surface area contributed by atoms with Gasteiger partial charge in [0.05, 0.1) is 0 Å². The lowest BCUT2D eigenvalue weighted by Gasteiger charge is -1.96. The van der Waals surface area contributed by atoms with Crippen molar-refractivity contribution in [2.24, 2.45) is 0 Å². The minimum atomic E-state index is 0.921. The van der Waals surface area contributed by atoms with Crippen LogP contribution in [0.4, 0.5) is 0 Å². The van der Waals surface area contributed by atoms with Gasteiger partial charge in [0.2, 0.25) is 0 Å². The minimum Gasteiger partial charge on any atom is -0.199 e. The van der Waals surface area contributed by atoms with E-state index in [2.05, 4.69) is 49.4 Å². The molecule has 0 N–H and O–H groups in total. The summed E-state index contributed by atoms with van der Waals surface area (Å²) in [5, 5.41) is 0. The molecule has 0 aromatic carbocycles. The van der Waals surface area contributed by atoms with Gasteiger partial charge in [0.25, 0.3) is 0 Å². The zero-order chi connectivity index (χ0) is 9.68. The Morgan fingerprint density at radius 3 is 2.92 bits per heavy atom. The van der Waals surface area contributed by atoms with E-state index in [0.717, 1.165) is 6.54 Å². The van der Waals surface area contributed by atoms with Gasteiger partial charge in [0.15, 0.2) is 18.4 Å². The summed E-state index contributed by atoms with van der Waals surface area (Å²) < 4.78 is 2.20. The zero-order valence-electron chi connectivity index (χ0n) is 8.33. The lowest BCUT2D eigenvalue weighted by molar-refractivity contribution is -0.693. The van der Waals surface area contributed by atoms with Gasteiger partial charge in [0.1, 0.15) is 0 Å². The largest absolute Gasteiger partial charge is 0.199 e. The molecule has 0 aliphatic heterocycles. The summed E-state index contributed by atoms with van der Waals surface area (Å²) in [5.74, 6) is 0. The highest BCUT2D eigenvalue weighted by Crippen LogP contribution is 1.93. The van der Waals surface area contributed by atoms with Gasteiger partial charge in [-0.2, -0.15) is 4.57 Å². The number of pyridine rings is 1. The smallest absolute Gasteiger partial charge is 0.178 e. The first-order valence-corrected chi connectivity index (χ1v) is 4.48. The fraction of sp³-hybridized carbons (Fsp3) is 0.250. The van der Waals surface area contributed by atoms with E-state index in [4.69, 9.17) is 0 Å². The van der Waals surface area contributed by atoms with Crippen LogP contribution in [0.2, 0.25) is 0 Å². The van der Waals surface area contributed by atoms with Crippen molar-refractivity contribution < 1.29 is 4.57 Å². The van der Waals surface area contributed by atoms with Gasteiger partial charge in [-0.25, -0.2) is 0 Å². The van der Waals surface area contributed by atoms with E-state index in [1.54, 1.807) is 0 Å². The molecule has 1 heterocycles. The molecule has 1 aromatic heterocycles. The van der Waals surface area contributed by atoms with Gasteiger partial charge >= 0.3 is 0 Å². The summed E-state index contributed by atoms with van der Waals surface area (Å²) in [7, 11) is 0. The summed E-state index contributed by atoms with van der Waals surface area (Å²) in [4.78, 5) is 0. The summed E-state index contributed by atoms with van der Waals surface area (Å²) in [6.07, 6.45) is 6.13. The third-order valence-corrected chi connectivity index (χ3v) is 2.10. The fourth-order valence-corrected chi connectivity index (χ4v) is 1.09. The third-order valence-electron chi connectivity index (χ3n) is 2.10. The molecule has 0 unspecified atom stereocenters. The Bertz CT molecular complexity index is 324. The van der Waals surface area contributed by atoms with Crippen LogP contribution in [0.5, 0.6) is 0 Å². The zero-order valence-corrected chi connectivity index (χ0v) is 8.33. The fourth-order valence-electron chi connectivity index (χ4n) is 1.09. The number of aromatic nitrogens is 1. The second-order valence-electron chi connectivity index (χ2n) is 3.15. The van der Waals surface area contributed by atoms with Crippen molar-refractivity contribution in [1.29, 1.82) is 0 Å². The van der Waals surface area contributed by atoms with Crippen LogP contribution in [0.1, 0.15) is 12.6 Å². The Balaban J connectivity index is 2.75. The SMILES string of the molecule is C=C/C(C)=C\C[n+]1ccccc1C. The van der Waals surface area contributed by atoms with E-state index in [1.165, 1.54) is 11.3 Å². The van der Waals surface area contributed by atoms with Gasteiger partial charge in [0, 0.05) is 19.1 Å². The van der Waals surface area contributed by atoms with E-state index in [1.807, 2.05) is 12.1 Å². The average Bonchev–Trinajstić information content (AvgIpc) is 2.16. The molecule has 0 bridgehead atoms. The predicted octanol–water partition coefficient (Wildman–Crippen LogP) is 2.41. The van der Waals surface area contributed by atoms with E-state index in [-0.39, 0.29) is 0 Å². The molecule has 0 atom stereocenters. The Labute approximate surface area is 80.0 Å². The maximum absolute atomic E-state index is 3.72. The van der Waals surface area contributed by atoms with E-state index >= 15 is 0 Å². The lowest BCUT2D eigenvalue weighted by Crippen LogP contribution is -2.35. The molecule has 0 aliphatic rings. The molecule has 0 aliphatic carbocycles. The van der Waals surface area contributed by atoms with Gasteiger partial charge in [-0.15, -0.1) is 0 Å². The summed E-state index contributed by atoms with van der Waals surface area (Å²) in [6.45, 7) is 8.81. The molecule has 0 amide bonds. The van der Waals surface area contributed by atoms with Crippen molar-refractivity contribution in [2.75, 3.05) is 0 Å². The Morgan fingerprint density at radius 1 is 1.54 bits per heavy atom. The summed E-state index contributed by atoms with van der Waals surface area (Å²) >= 11 is 0. The third kappa shape index (κ3) is 2.86. The predicted molar refractivity (Wildman–Crippen MR) is 55.3 cm³/mol. The highest BCUT2D eigenvalue weighted by molar-refractivity contribution is 5.11. The molecule has 1 heteroatoms. The van der Waals surface area contributed by atoms with Crippen LogP contribution in [0, 0.1) is 6.92 Å². The maximum atomic E-state index is 3.72. The Hall–Kier alpha value is -1.37. The number of aryl methyl sites for hydroxylation is 1. The molecule has 0 radical (unpaired) electrons. The summed E-state index contributed by atoms with van der Waals surface area (Å²) in [5.41, 5.74) is 2.49. The van der Waals surface area contributed by atoms with Crippen LogP contribution in [0.25, 0.3) is 0 Å². The first-order chi connectivity index (χ1) is 6.24. The van der Waals surface area contributed by atoms with Crippen molar-refractivity contribution in [3.05, 3.63) is 54.4 Å². The van der Waals surface area contributed by atoms with Gasteiger partial charge < -0.3 is 0 Å². The monoisotopic (exact) mass is 174 g/mol. The van der Waals surface area contributed by atoms with E-state index in [9.17, 15) is 0 Å². The average molecular weight is 174 g/mol. The normalized spacial score (nSPS) is 11.4. The Kier molecular flexibility index (Phi) is 3.44. The second kappa shape index (κ2) is 4.61. The van der Waals surface area contributed by atoms with Crippen LogP contribution in [-0.4, -0.2) is 0 Å². The topological polar surface area (TPSA) is 3.88 Å². The van der Waals surface area contributed by atoms with E-state index < -0.39 is 0 Å². The van der Waals surface area contributed by atoms with Crippen LogP contribution >= 0.6 is 0 Å². The number of allylic oxidation sites excluding steroid dienone is 3. The molecule has 0 spiro atoms. The molecule has 1 nitrogen and oxygen atoms in total. The molecular formula is C12H16N+. The highest BCUT2D eigenvalue weighted by Gasteiger charge is 2.00. The van der Waals surface area contributed by atoms with Crippen LogP contribution in [0.15, 0.2) is 48.7 Å². The summed E-state index contributed by atoms with van der Waals surface area (Å²) in [6, 6.07) is 6.21. The highest BCUT2D eigenvalue weighted by atomic mass is 14.9. The molecule has 0 saturated carbocycles. The molecule has 0 saturated heterocycles. The molecule has 0 fully saturated rings. The molecular weight excluding hydrogens is 158 g/mol. The first-order valence-electron chi connectivity index (χ1n) is 4.48. The van der Waals surface area contributed by atoms with Crippen LogP contribution in [-0.2, 0) is 6.54 Å². The van der Waals surface area contributed by atoms with Crippen LogP contribution < -0.4 is 4.57 Å². The number of hydrogen-bond donors (Lipinski definition) is 0. The van der Waals surface area contributed by atoms with Gasteiger partial charge in [-0.05, 0) is 18.6 Å². The van der Waals surface area contributed by atoms with Crippen molar-refractivity contribution in [3.63, 3.8) is 0 Å². The van der Waals surface area contributed by atoms with Crippen molar-refractivity contribution >= 4 is 0 Å². The molecule has 68 valence electrons. The molecule has 1 rings (SSSR count). The van der Waals surface area contributed by atoms with Gasteiger partial charge in [-0.1, -0.05) is 18.7 Å². The lowest BCUT2D eigenvalue weighted by atomic mass is 10.2. The number of hydrogen-bond acceptors (Lipinski definition) is 0. The standard InChI is InChI=1S/C12H16N/c1-4-11(2)8-10-13-9-6-5-7-12(13)3/h4-9H,1,10H2,2-3H3/q+1/b11-8-. The van der Waals surface area contributed by atoms with Crippen molar-refractivity contribution in [2.45, 2.75) is 20.4 Å². The molecule has 1 aromatic rings. The second-order valence-corrected chi connectivity index (χ2v) is 3.15. The van der Waals surface area contributed by atoms with E-state index in [0.29, 0.717) is 0 Å². The number of rotatable bonds is 3. The Morgan fingerprint density at radius 2 is 2.31 bits per heavy atom. The molecule has 13 heavy (non-hydrogen) atoms. The van der Waals surface area contributed by atoms with Crippen molar-refractivity contribution in [3.8, 4) is 0 Å². The minimum absolute atomic E-state index is 0.921.